The van der Waals surface area contributed by atoms with Crippen molar-refractivity contribution in [3.8, 4) is 11.5 Å². The minimum absolute atomic E-state index is 0.124. The fraction of sp³-hybridized carbons (Fsp3) is 0.318. The third kappa shape index (κ3) is 4.93. The number of ether oxygens (including phenoxy) is 2. The van der Waals surface area contributed by atoms with Crippen molar-refractivity contribution in [2.75, 3.05) is 31.2 Å². The average Bonchev–Trinajstić information content (AvgIpc) is 2.74. The quantitative estimate of drug-likeness (QED) is 0.693. The van der Waals surface area contributed by atoms with Crippen molar-refractivity contribution in [1.29, 1.82) is 0 Å². The number of hydrogen-bond donors (Lipinski definition) is 1. The van der Waals surface area contributed by atoms with Gasteiger partial charge in [-0.15, -0.1) is 0 Å². The van der Waals surface area contributed by atoms with Crippen molar-refractivity contribution >= 4 is 23.3 Å². The number of aryl methyl sites for hydroxylation is 1. The first-order valence-corrected chi connectivity index (χ1v) is 9.60. The number of anilines is 1. The number of likely N-dealkylation sites (N-methyl/N-ethyl adjacent to an activating group) is 1. The topological polar surface area (TPSA) is 84.9 Å². The van der Waals surface area contributed by atoms with Crippen LogP contribution in [-0.2, 0) is 16.0 Å². The van der Waals surface area contributed by atoms with E-state index in [1.54, 1.807) is 31.2 Å². The number of hydrogen-bond acceptors (Lipinski definition) is 5. The van der Waals surface area contributed by atoms with Gasteiger partial charge in [0, 0.05) is 12.1 Å². The van der Waals surface area contributed by atoms with Crippen molar-refractivity contribution in [3.05, 3.63) is 53.6 Å². The summed E-state index contributed by atoms with van der Waals surface area (Å²) in [6.45, 7) is 3.93. The molecule has 0 unspecified atom stereocenters. The molecule has 1 aliphatic heterocycles. The van der Waals surface area contributed by atoms with E-state index >= 15 is 0 Å². The van der Waals surface area contributed by atoms with E-state index in [-0.39, 0.29) is 37.4 Å². The number of ketones is 1. The third-order valence-electron chi connectivity index (χ3n) is 4.58. The molecule has 1 aliphatic rings. The molecule has 3 rings (SSSR count). The molecule has 1 N–H and O–H groups in total. The maximum Gasteiger partial charge on any atom is 0.265 e. The van der Waals surface area contributed by atoms with E-state index in [9.17, 15) is 14.4 Å². The van der Waals surface area contributed by atoms with Crippen LogP contribution in [0.25, 0.3) is 0 Å². The van der Waals surface area contributed by atoms with Gasteiger partial charge in [0.15, 0.2) is 19.0 Å². The largest absolute Gasteiger partial charge is 0.485 e. The van der Waals surface area contributed by atoms with Gasteiger partial charge in [0.1, 0.15) is 18.0 Å². The Kier molecular flexibility index (Phi) is 6.49. The molecule has 0 atom stereocenters. The fourth-order valence-corrected chi connectivity index (χ4v) is 3.03. The summed E-state index contributed by atoms with van der Waals surface area (Å²) < 4.78 is 11.1. The second-order valence-corrected chi connectivity index (χ2v) is 6.62. The van der Waals surface area contributed by atoms with Crippen LogP contribution in [-0.4, -0.2) is 43.9 Å². The van der Waals surface area contributed by atoms with Gasteiger partial charge in [-0.3, -0.25) is 19.3 Å². The summed E-state index contributed by atoms with van der Waals surface area (Å²) in [6, 6.07) is 12.4. The maximum atomic E-state index is 12.6. The highest BCUT2D eigenvalue weighted by atomic mass is 16.5. The minimum Gasteiger partial charge on any atom is -0.485 e. The summed E-state index contributed by atoms with van der Waals surface area (Å²) >= 11 is 0. The van der Waals surface area contributed by atoms with Gasteiger partial charge in [0.25, 0.3) is 5.91 Å². The molecule has 2 amide bonds. The number of carbonyl (C=O) groups excluding carboxylic acids is 3. The standard InChI is InChI=1S/C22H24N2O5/c1-3-15-6-5-7-17(10-15)28-13-19(25)16-8-9-20-18(11-16)24(22(27)14-29-20)12-21(26)23-4-2/h5-11H,3-4,12-14H2,1-2H3,(H,23,26). The van der Waals surface area contributed by atoms with E-state index in [2.05, 4.69) is 5.32 Å². The Labute approximate surface area is 169 Å². The molecule has 0 saturated carbocycles. The fourth-order valence-electron chi connectivity index (χ4n) is 3.03. The van der Waals surface area contributed by atoms with Crippen LogP contribution < -0.4 is 19.7 Å². The number of amides is 2. The van der Waals surface area contributed by atoms with Gasteiger partial charge < -0.3 is 14.8 Å². The molecule has 1 heterocycles. The molecule has 0 saturated heterocycles. The zero-order valence-electron chi connectivity index (χ0n) is 16.6. The molecule has 0 spiro atoms. The van der Waals surface area contributed by atoms with Crippen molar-refractivity contribution < 1.29 is 23.9 Å². The summed E-state index contributed by atoms with van der Waals surface area (Å²) in [5.41, 5.74) is 1.92. The lowest BCUT2D eigenvalue weighted by molar-refractivity contribution is -0.125. The van der Waals surface area contributed by atoms with Gasteiger partial charge in [0.05, 0.1) is 5.69 Å². The van der Waals surface area contributed by atoms with Gasteiger partial charge in [-0.25, -0.2) is 0 Å². The van der Waals surface area contributed by atoms with E-state index < -0.39 is 0 Å². The molecule has 0 aromatic heterocycles. The van der Waals surface area contributed by atoms with E-state index in [4.69, 9.17) is 9.47 Å². The van der Waals surface area contributed by atoms with Crippen LogP contribution in [0.4, 0.5) is 5.69 Å². The zero-order chi connectivity index (χ0) is 20.8. The van der Waals surface area contributed by atoms with E-state index in [0.717, 1.165) is 12.0 Å². The van der Waals surface area contributed by atoms with Crippen LogP contribution in [0.15, 0.2) is 42.5 Å². The summed E-state index contributed by atoms with van der Waals surface area (Å²) in [7, 11) is 0. The second-order valence-electron chi connectivity index (χ2n) is 6.62. The highest BCUT2D eigenvalue weighted by Crippen LogP contribution is 2.33. The first-order chi connectivity index (χ1) is 14.0. The molecule has 0 aliphatic carbocycles. The Morgan fingerprint density at radius 1 is 1.17 bits per heavy atom. The number of nitrogens with one attached hydrogen (secondary N) is 1. The predicted molar refractivity (Wildman–Crippen MR) is 109 cm³/mol. The Balaban J connectivity index is 1.75. The highest BCUT2D eigenvalue weighted by Gasteiger charge is 2.28. The first-order valence-electron chi connectivity index (χ1n) is 9.60. The summed E-state index contributed by atoms with van der Waals surface area (Å²) in [6.07, 6.45) is 0.880. The molecule has 2 aromatic rings. The maximum absolute atomic E-state index is 12.6. The molecule has 0 radical (unpaired) electrons. The van der Waals surface area contributed by atoms with E-state index in [1.807, 2.05) is 25.1 Å². The van der Waals surface area contributed by atoms with Crippen LogP contribution in [0, 0.1) is 0 Å². The van der Waals surface area contributed by atoms with Gasteiger partial charge in [0.2, 0.25) is 5.91 Å². The smallest absolute Gasteiger partial charge is 0.265 e. The molecule has 0 fully saturated rings. The molecule has 152 valence electrons. The summed E-state index contributed by atoms with van der Waals surface area (Å²) in [4.78, 5) is 38.2. The monoisotopic (exact) mass is 396 g/mol. The number of nitrogens with zero attached hydrogens (tertiary/aromatic N) is 1. The highest BCUT2D eigenvalue weighted by molar-refractivity contribution is 6.04. The van der Waals surface area contributed by atoms with Gasteiger partial charge in [-0.05, 0) is 49.2 Å². The molecule has 29 heavy (non-hydrogen) atoms. The van der Waals surface area contributed by atoms with Crippen molar-refractivity contribution in [1.82, 2.24) is 5.32 Å². The van der Waals surface area contributed by atoms with Crippen LogP contribution in [0.3, 0.4) is 0 Å². The summed E-state index contributed by atoms with van der Waals surface area (Å²) in [5.74, 6) is 0.255. The first kappa shape index (κ1) is 20.4. The third-order valence-corrected chi connectivity index (χ3v) is 4.58. The van der Waals surface area contributed by atoms with Crippen LogP contribution >= 0.6 is 0 Å². The molecular weight excluding hydrogens is 372 g/mol. The van der Waals surface area contributed by atoms with Gasteiger partial charge in [-0.2, -0.15) is 0 Å². The van der Waals surface area contributed by atoms with Crippen LogP contribution in [0.2, 0.25) is 0 Å². The summed E-state index contributed by atoms with van der Waals surface area (Å²) in [5, 5.41) is 2.67. The van der Waals surface area contributed by atoms with Crippen molar-refractivity contribution in [2.45, 2.75) is 20.3 Å². The van der Waals surface area contributed by atoms with Crippen molar-refractivity contribution in [3.63, 3.8) is 0 Å². The SMILES string of the molecule is CCNC(=O)CN1C(=O)COc2ccc(C(=O)COc3cccc(CC)c3)cc21. The predicted octanol–water partition coefficient (Wildman–Crippen LogP) is 2.37. The number of Topliss-reactive ketones (excluding diaryl/α,β-unsaturated/α-hetero) is 1. The normalized spacial score (nSPS) is 12.8. The average molecular weight is 396 g/mol. The number of carbonyl (C=O) groups is 3. The lowest BCUT2D eigenvalue weighted by Gasteiger charge is -2.29. The molecule has 2 aromatic carbocycles. The lowest BCUT2D eigenvalue weighted by Crippen LogP contribution is -2.45. The zero-order valence-corrected chi connectivity index (χ0v) is 16.6. The van der Waals surface area contributed by atoms with Crippen molar-refractivity contribution in [2.24, 2.45) is 0 Å². The second kappa shape index (κ2) is 9.23. The Bertz CT molecular complexity index is 925. The van der Waals surface area contributed by atoms with E-state index in [0.29, 0.717) is 29.3 Å². The Hall–Kier alpha value is -3.35. The number of rotatable bonds is 8. The van der Waals surface area contributed by atoms with Gasteiger partial charge >= 0.3 is 0 Å². The lowest BCUT2D eigenvalue weighted by atomic mass is 10.1. The Morgan fingerprint density at radius 3 is 2.76 bits per heavy atom. The van der Waals surface area contributed by atoms with E-state index in [1.165, 1.54) is 4.90 Å². The molecular formula is C22H24N2O5. The van der Waals surface area contributed by atoms with Crippen LogP contribution in [0.5, 0.6) is 11.5 Å². The number of fused-ring (bicyclic) bond motifs is 1. The molecule has 7 nitrogen and oxygen atoms in total. The van der Waals surface area contributed by atoms with Gasteiger partial charge in [-0.1, -0.05) is 19.1 Å². The van der Waals surface area contributed by atoms with Crippen LogP contribution in [0.1, 0.15) is 29.8 Å². The Morgan fingerprint density at radius 2 is 2.00 bits per heavy atom. The molecule has 7 heteroatoms. The molecule has 0 bridgehead atoms. The number of benzene rings is 2. The minimum atomic E-state index is -0.332.